The highest BCUT2D eigenvalue weighted by atomic mass is 31.3. The van der Waals surface area contributed by atoms with Crippen molar-refractivity contribution in [3.63, 3.8) is 0 Å². The van der Waals surface area contributed by atoms with Gasteiger partial charge in [0.25, 0.3) is 5.56 Å². The number of nitrogens with zero attached hydrogens (tertiary/aromatic N) is 1. The Bertz CT molecular complexity index is 1080. The smallest absolute Gasteiger partial charge is 0.393 e. The lowest BCUT2D eigenvalue weighted by Crippen LogP contribution is -2.45. The van der Waals surface area contributed by atoms with Crippen molar-refractivity contribution in [2.24, 2.45) is 0 Å². The molecule has 0 aromatic carbocycles. The lowest BCUT2D eigenvalue weighted by molar-refractivity contribution is -0.135. The monoisotopic (exact) mass is 526 g/mol. The lowest BCUT2D eigenvalue weighted by Gasteiger charge is -2.32. The molecule has 2 rings (SSSR count). The summed E-state index contributed by atoms with van der Waals surface area (Å²) in [5.41, 5.74) is -3.36. The fraction of sp³-hybridized carbons (Fsp3) is 0.667. The second kappa shape index (κ2) is 9.68. The number of aromatic amines is 1. The molecular weight excluding hydrogens is 505 g/mol. The van der Waals surface area contributed by atoms with Crippen molar-refractivity contribution in [3.05, 3.63) is 33.1 Å². The number of hydrogen-bond donors (Lipinski definition) is 7. The van der Waals surface area contributed by atoms with E-state index in [1.165, 1.54) is 6.92 Å². The largest absolute Gasteiger partial charge is 0.490 e. The number of aliphatic hydroxyl groups is 2. The molecule has 3 unspecified atom stereocenters. The van der Waals surface area contributed by atoms with Crippen LogP contribution < -0.4 is 11.2 Å². The predicted molar refractivity (Wildman–Crippen MR) is 101 cm³/mol. The summed E-state index contributed by atoms with van der Waals surface area (Å²) in [6.45, 7) is 0.387. The fourth-order valence-corrected chi connectivity index (χ4v) is 6.10. The summed E-state index contributed by atoms with van der Waals surface area (Å²) in [5.74, 6) is 0. The molecule has 1 aliphatic rings. The number of phosphoric acid groups is 3. The topological polar surface area (TPSA) is 264 Å². The van der Waals surface area contributed by atoms with E-state index in [1.807, 2.05) is 4.98 Å². The van der Waals surface area contributed by atoms with E-state index in [9.17, 15) is 38.4 Å². The Kier molecular flexibility index (Phi) is 8.23. The first-order valence-corrected chi connectivity index (χ1v) is 13.1. The molecular formula is C12H21N2O15P3. The lowest BCUT2D eigenvalue weighted by atomic mass is 10.00. The van der Waals surface area contributed by atoms with Crippen molar-refractivity contribution < 1.29 is 61.4 Å². The van der Waals surface area contributed by atoms with E-state index < -0.39 is 65.4 Å². The molecule has 1 saturated heterocycles. The minimum Gasteiger partial charge on any atom is -0.393 e. The average Bonchev–Trinajstić information content (AvgIpc) is 2.85. The molecule has 17 nitrogen and oxygen atoms in total. The summed E-state index contributed by atoms with van der Waals surface area (Å²) in [4.78, 5) is 61.2. The molecule has 184 valence electrons. The van der Waals surface area contributed by atoms with E-state index in [0.29, 0.717) is 0 Å². The third-order valence-corrected chi connectivity index (χ3v) is 7.83. The zero-order chi connectivity index (χ0) is 24.5. The van der Waals surface area contributed by atoms with Gasteiger partial charge in [-0.3, -0.25) is 18.9 Å². The third kappa shape index (κ3) is 7.50. The molecule has 0 amide bonds. The summed E-state index contributed by atoms with van der Waals surface area (Å²) < 4.78 is 52.0. The normalized spacial score (nSPS) is 28.7. The molecule has 2 heterocycles. The van der Waals surface area contributed by atoms with Crippen LogP contribution >= 0.6 is 23.5 Å². The summed E-state index contributed by atoms with van der Waals surface area (Å²) >= 11 is 0. The highest BCUT2D eigenvalue weighted by molar-refractivity contribution is 7.66. The van der Waals surface area contributed by atoms with Gasteiger partial charge in [-0.05, 0) is 6.92 Å². The zero-order valence-electron chi connectivity index (χ0n) is 16.2. The van der Waals surface area contributed by atoms with E-state index >= 15 is 0 Å². The van der Waals surface area contributed by atoms with Gasteiger partial charge in [0.15, 0.2) is 5.72 Å². The number of aliphatic hydroxyl groups excluding tert-OH is 2. The number of aromatic nitrogens is 2. The first kappa shape index (κ1) is 27.2. The number of H-pyrrole nitrogens is 1. The van der Waals surface area contributed by atoms with E-state index in [4.69, 9.17) is 19.4 Å². The van der Waals surface area contributed by atoms with Crippen molar-refractivity contribution in [1.29, 1.82) is 0 Å². The van der Waals surface area contributed by atoms with Gasteiger partial charge in [-0.15, -0.1) is 0 Å². The first-order valence-electron chi connectivity index (χ1n) is 8.58. The average molecular weight is 526 g/mol. The fourth-order valence-electron chi connectivity index (χ4n) is 3.07. The summed E-state index contributed by atoms with van der Waals surface area (Å²) in [6, 6.07) is 0.986. The van der Waals surface area contributed by atoms with Gasteiger partial charge < -0.3 is 34.5 Å². The summed E-state index contributed by atoms with van der Waals surface area (Å²) in [6.07, 6.45) is -3.52. The van der Waals surface area contributed by atoms with Gasteiger partial charge >= 0.3 is 29.2 Å². The second-order valence-corrected chi connectivity index (χ2v) is 11.2. The van der Waals surface area contributed by atoms with Crippen LogP contribution in [0.3, 0.4) is 0 Å². The van der Waals surface area contributed by atoms with Crippen LogP contribution in [0.15, 0.2) is 21.9 Å². The van der Waals surface area contributed by atoms with Crippen molar-refractivity contribution in [2.45, 2.75) is 43.8 Å². The van der Waals surface area contributed by atoms with E-state index in [2.05, 4.69) is 13.1 Å². The number of phosphoric ester groups is 1. The number of nitrogens with one attached hydrogen (secondary N) is 1. The molecule has 1 aromatic rings. The second-order valence-electron chi connectivity index (χ2n) is 6.79. The van der Waals surface area contributed by atoms with Crippen LogP contribution in [-0.4, -0.2) is 64.3 Å². The quantitative estimate of drug-likeness (QED) is 0.170. The molecule has 6 atom stereocenters. The molecule has 0 saturated carbocycles. The van der Waals surface area contributed by atoms with E-state index in [-0.39, 0.29) is 12.8 Å². The maximum Gasteiger partial charge on any atom is 0.490 e. The Morgan fingerprint density at radius 1 is 1.22 bits per heavy atom. The Labute approximate surface area is 178 Å². The zero-order valence-corrected chi connectivity index (χ0v) is 18.8. The van der Waals surface area contributed by atoms with Gasteiger partial charge in [0, 0.05) is 25.1 Å². The van der Waals surface area contributed by atoms with Crippen LogP contribution in [0.4, 0.5) is 0 Å². The minimum absolute atomic E-state index is 0.262. The van der Waals surface area contributed by atoms with Crippen molar-refractivity contribution in [1.82, 2.24) is 9.55 Å². The Morgan fingerprint density at radius 2 is 1.84 bits per heavy atom. The van der Waals surface area contributed by atoms with E-state index in [0.717, 1.165) is 16.8 Å². The van der Waals surface area contributed by atoms with Crippen LogP contribution in [0.1, 0.15) is 19.8 Å². The first-order chi connectivity index (χ1) is 14.4. The van der Waals surface area contributed by atoms with Gasteiger partial charge in [0.05, 0.1) is 18.8 Å². The Balaban J connectivity index is 2.19. The molecule has 32 heavy (non-hydrogen) atoms. The molecule has 0 aliphatic carbocycles. The summed E-state index contributed by atoms with van der Waals surface area (Å²) in [7, 11) is -16.8. The van der Waals surface area contributed by atoms with Gasteiger partial charge in [0.2, 0.25) is 0 Å². The van der Waals surface area contributed by atoms with Crippen LogP contribution in [0.2, 0.25) is 0 Å². The molecule has 0 radical (unpaired) electrons. The summed E-state index contributed by atoms with van der Waals surface area (Å²) in [5, 5.41) is 20.1. The standard InChI is InChI=1S/C12H21N2O15P3/c1-7(15)4-12(14-3-2-10(17)13-11(14)18)5-8(16)9(27-12)6-26-31(22,23)29-32(24,25)28-30(19,20)21/h2-3,7-9,15-16H,4-6H2,1H3,(H,22,23)(H,24,25)(H,13,17,18)(H2,19,20,21)/t7?,8-,9+,12+/m0/s1. The maximum atomic E-state index is 12.2. The molecule has 20 heteroatoms. The molecule has 0 bridgehead atoms. The molecule has 1 aliphatic heterocycles. The van der Waals surface area contributed by atoms with Gasteiger partial charge in [-0.25, -0.2) is 18.5 Å². The Hall–Kier alpha value is -1.03. The Morgan fingerprint density at radius 3 is 2.38 bits per heavy atom. The molecule has 0 spiro atoms. The molecule has 1 fully saturated rings. The molecule has 1 aromatic heterocycles. The van der Waals surface area contributed by atoms with Crippen molar-refractivity contribution in [3.8, 4) is 0 Å². The predicted octanol–water partition coefficient (Wildman–Crippen LogP) is -1.55. The highest BCUT2D eigenvalue weighted by Crippen LogP contribution is 2.66. The number of ether oxygens (including phenoxy) is 1. The maximum absolute atomic E-state index is 12.2. The SMILES string of the molecule is CC(O)C[C@]1(n2ccc(=O)[nH]c2=O)C[C@H](O)[C@@H](COP(=O)(O)OP(=O)(O)OP(=O)(O)O)O1. The van der Waals surface area contributed by atoms with Gasteiger partial charge in [-0.1, -0.05) is 0 Å². The van der Waals surface area contributed by atoms with Gasteiger partial charge in [-0.2, -0.15) is 8.62 Å². The van der Waals surface area contributed by atoms with E-state index in [1.54, 1.807) is 0 Å². The highest BCUT2D eigenvalue weighted by Gasteiger charge is 2.50. The number of hydrogen-bond acceptors (Lipinski definition) is 11. The van der Waals surface area contributed by atoms with Crippen LogP contribution in [0.5, 0.6) is 0 Å². The van der Waals surface area contributed by atoms with Crippen LogP contribution in [0.25, 0.3) is 0 Å². The number of rotatable bonds is 10. The van der Waals surface area contributed by atoms with Crippen LogP contribution in [0, 0.1) is 0 Å². The third-order valence-electron chi connectivity index (χ3n) is 4.02. The molecule has 7 N–H and O–H groups in total. The minimum atomic E-state index is -5.73. The van der Waals surface area contributed by atoms with Crippen LogP contribution in [-0.2, 0) is 37.3 Å². The van der Waals surface area contributed by atoms with Gasteiger partial charge in [0.1, 0.15) is 6.10 Å². The van der Waals surface area contributed by atoms with Crippen molar-refractivity contribution in [2.75, 3.05) is 6.61 Å². The van der Waals surface area contributed by atoms with Crippen molar-refractivity contribution >= 4 is 23.5 Å².